The van der Waals surface area contributed by atoms with E-state index in [4.69, 9.17) is 9.84 Å². The van der Waals surface area contributed by atoms with Gasteiger partial charge in [0.1, 0.15) is 18.2 Å². The Balaban J connectivity index is 2.23. The van der Waals surface area contributed by atoms with Crippen molar-refractivity contribution in [2.75, 3.05) is 31.7 Å². The van der Waals surface area contributed by atoms with Crippen molar-refractivity contribution in [3.05, 3.63) is 22.2 Å². The first-order chi connectivity index (χ1) is 9.10. The van der Waals surface area contributed by atoms with Crippen LogP contribution in [-0.2, 0) is 9.53 Å². The van der Waals surface area contributed by atoms with Gasteiger partial charge in [-0.05, 0) is 12.8 Å². The third-order valence-electron chi connectivity index (χ3n) is 2.93. The van der Waals surface area contributed by atoms with E-state index < -0.39 is 5.97 Å². The lowest BCUT2D eigenvalue weighted by molar-refractivity contribution is -0.135. The molecule has 1 heterocycles. The number of nitrogens with zero attached hydrogens (tertiary/aromatic N) is 2. The maximum atomic E-state index is 11.6. The number of rotatable bonds is 7. The van der Waals surface area contributed by atoms with E-state index in [-0.39, 0.29) is 12.1 Å². The Bertz CT molecular complexity index is 510. The number of anilines is 1. The van der Waals surface area contributed by atoms with Crippen LogP contribution < -0.4 is 10.5 Å². The van der Waals surface area contributed by atoms with Crippen molar-refractivity contribution >= 4 is 11.8 Å². The summed E-state index contributed by atoms with van der Waals surface area (Å²) in [7, 11) is 1.54. The fourth-order valence-electron chi connectivity index (χ4n) is 1.81. The van der Waals surface area contributed by atoms with Gasteiger partial charge in [-0.2, -0.15) is 0 Å². The van der Waals surface area contributed by atoms with E-state index in [1.807, 2.05) is 0 Å². The summed E-state index contributed by atoms with van der Waals surface area (Å²) in [5, 5.41) is 8.91. The number of carboxylic acids is 1. The molecule has 1 fully saturated rings. The van der Waals surface area contributed by atoms with Crippen LogP contribution in [0.25, 0.3) is 0 Å². The Morgan fingerprint density at radius 2 is 2.37 bits per heavy atom. The van der Waals surface area contributed by atoms with Gasteiger partial charge in [-0.3, -0.25) is 9.59 Å². The molecule has 1 aliphatic rings. The Morgan fingerprint density at radius 3 is 2.95 bits per heavy atom. The van der Waals surface area contributed by atoms with Crippen LogP contribution in [0.15, 0.2) is 10.9 Å². The van der Waals surface area contributed by atoms with E-state index in [2.05, 4.69) is 9.97 Å². The van der Waals surface area contributed by atoms with Gasteiger partial charge in [-0.15, -0.1) is 0 Å². The molecule has 2 N–H and O–H groups in total. The van der Waals surface area contributed by atoms with Crippen molar-refractivity contribution in [2.24, 2.45) is 0 Å². The van der Waals surface area contributed by atoms with Crippen molar-refractivity contribution in [2.45, 2.75) is 18.8 Å². The minimum atomic E-state index is -0.967. The molecular formula is C12H17N3O4. The third-order valence-corrected chi connectivity index (χ3v) is 2.93. The smallest absolute Gasteiger partial charge is 0.323 e. The van der Waals surface area contributed by atoms with E-state index in [0.717, 1.165) is 12.8 Å². The van der Waals surface area contributed by atoms with Gasteiger partial charge in [0, 0.05) is 25.6 Å². The molecule has 0 aromatic carbocycles. The Morgan fingerprint density at radius 1 is 1.63 bits per heavy atom. The molecule has 19 heavy (non-hydrogen) atoms. The van der Waals surface area contributed by atoms with Gasteiger partial charge in [0.2, 0.25) is 0 Å². The number of ether oxygens (including phenoxy) is 1. The summed E-state index contributed by atoms with van der Waals surface area (Å²) >= 11 is 0. The molecule has 104 valence electrons. The van der Waals surface area contributed by atoms with Crippen LogP contribution in [0.2, 0.25) is 0 Å². The van der Waals surface area contributed by atoms with Crippen molar-refractivity contribution in [1.29, 1.82) is 0 Å². The Hall–Kier alpha value is -1.89. The highest BCUT2D eigenvalue weighted by Gasteiger charge is 2.27. The predicted octanol–water partition coefficient (Wildman–Crippen LogP) is 0.185. The minimum absolute atomic E-state index is 0.204. The van der Waals surface area contributed by atoms with Crippen LogP contribution in [0.4, 0.5) is 5.82 Å². The van der Waals surface area contributed by atoms with Gasteiger partial charge < -0.3 is 19.7 Å². The first kappa shape index (κ1) is 13.5. The van der Waals surface area contributed by atoms with Gasteiger partial charge >= 0.3 is 5.97 Å². The SMILES string of the molecule is COCCN(CC(=O)O)c1cc(=O)[nH]c(C2CC2)n1. The van der Waals surface area contributed by atoms with Crippen molar-refractivity contribution < 1.29 is 14.6 Å². The van der Waals surface area contributed by atoms with Crippen LogP contribution in [0.3, 0.4) is 0 Å². The summed E-state index contributed by atoms with van der Waals surface area (Å²) in [6.45, 7) is 0.549. The topological polar surface area (TPSA) is 95.5 Å². The highest BCUT2D eigenvalue weighted by atomic mass is 16.5. The summed E-state index contributed by atoms with van der Waals surface area (Å²) in [6.07, 6.45) is 2.03. The van der Waals surface area contributed by atoms with Crippen LogP contribution >= 0.6 is 0 Å². The maximum Gasteiger partial charge on any atom is 0.323 e. The molecule has 7 heteroatoms. The highest BCUT2D eigenvalue weighted by Crippen LogP contribution is 2.37. The molecule has 2 rings (SSSR count). The minimum Gasteiger partial charge on any atom is -0.480 e. The number of hydrogen-bond acceptors (Lipinski definition) is 5. The molecule has 0 saturated heterocycles. The molecule has 0 bridgehead atoms. The second kappa shape index (κ2) is 5.83. The van der Waals surface area contributed by atoms with Crippen molar-refractivity contribution in [1.82, 2.24) is 9.97 Å². The molecule has 0 amide bonds. The normalized spacial score (nSPS) is 14.4. The van der Waals surface area contributed by atoms with Gasteiger partial charge in [0.05, 0.1) is 6.61 Å². The molecule has 1 aromatic heterocycles. The predicted molar refractivity (Wildman–Crippen MR) is 68.6 cm³/mol. The Labute approximate surface area is 110 Å². The molecular weight excluding hydrogens is 250 g/mol. The largest absolute Gasteiger partial charge is 0.480 e. The first-order valence-electron chi connectivity index (χ1n) is 6.17. The fourth-order valence-corrected chi connectivity index (χ4v) is 1.81. The number of H-pyrrole nitrogens is 1. The molecule has 0 atom stereocenters. The molecule has 0 spiro atoms. The van der Waals surface area contributed by atoms with Gasteiger partial charge in [0.25, 0.3) is 5.56 Å². The summed E-state index contributed by atoms with van der Waals surface area (Å²) in [5.74, 6) is 0.383. The van der Waals surface area contributed by atoms with Crippen LogP contribution in [0, 0.1) is 0 Å². The number of carbonyl (C=O) groups is 1. The van der Waals surface area contributed by atoms with E-state index >= 15 is 0 Å². The molecule has 0 radical (unpaired) electrons. The third kappa shape index (κ3) is 3.78. The van der Waals surface area contributed by atoms with Gasteiger partial charge in [-0.25, -0.2) is 4.98 Å². The molecule has 1 aromatic rings. The lowest BCUT2D eigenvalue weighted by Gasteiger charge is -2.21. The van der Waals surface area contributed by atoms with E-state index in [0.29, 0.717) is 30.7 Å². The monoisotopic (exact) mass is 267 g/mol. The number of carboxylic acid groups (broad SMARTS) is 1. The van der Waals surface area contributed by atoms with Crippen LogP contribution in [0.5, 0.6) is 0 Å². The fraction of sp³-hybridized carbons (Fsp3) is 0.583. The number of aromatic nitrogens is 2. The van der Waals surface area contributed by atoms with Crippen molar-refractivity contribution in [3.63, 3.8) is 0 Å². The van der Waals surface area contributed by atoms with E-state index in [9.17, 15) is 9.59 Å². The molecule has 7 nitrogen and oxygen atoms in total. The van der Waals surface area contributed by atoms with Crippen LogP contribution in [-0.4, -0.2) is 47.8 Å². The zero-order valence-corrected chi connectivity index (χ0v) is 10.8. The summed E-state index contributed by atoms with van der Waals surface area (Å²) < 4.78 is 4.95. The molecule has 0 aliphatic heterocycles. The highest BCUT2D eigenvalue weighted by molar-refractivity contribution is 5.73. The standard InChI is InChI=1S/C12H17N3O4/c1-19-5-4-15(7-11(17)18)9-6-10(16)14-12(13-9)8-2-3-8/h6,8H,2-5,7H2,1H3,(H,17,18)(H,13,14,16). The lowest BCUT2D eigenvalue weighted by atomic mass is 10.3. The van der Waals surface area contributed by atoms with Gasteiger partial charge in [-0.1, -0.05) is 0 Å². The van der Waals surface area contributed by atoms with Gasteiger partial charge in [0.15, 0.2) is 0 Å². The number of methoxy groups -OCH3 is 1. The summed E-state index contributed by atoms with van der Waals surface area (Å²) in [4.78, 5) is 31.1. The molecule has 1 aliphatic carbocycles. The van der Waals surface area contributed by atoms with Crippen molar-refractivity contribution in [3.8, 4) is 0 Å². The summed E-state index contributed by atoms with van der Waals surface area (Å²) in [6, 6.07) is 1.32. The Kier molecular flexibility index (Phi) is 4.16. The summed E-state index contributed by atoms with van der Waals surface area (Å²) in [5.41, 5.74) is -0.250. The lowest BCUT2D eigenvalue weighted by Crippen LogP contribution is -2.34. The number of nitrogens with one attached hydrogen (secondary N) is 1. The van der Waals surface area contributed by atoms with Crippen LogP contribution in [0.1, 0.15) is 24.6 Å². The number of aliphatic carboxylic acids is 1. The average Bonchev–Trinajstić information content (AvgIpc) is 3.17. The average molecular weight is 267 g/mol. The zero-order valence-electron chi connectivity index (χ0n) is 10.8. The molecule has 0 unspecified atom stereocenters. The molecule has 1 saturated carbocycles. The zero-order chi connectivity index (χ0) is 13.8. The second-order valence-corrected chi connectivity index (χ2v) is 4.57. The van der Waals surface area contributed by atoms with E-state index in [1.165, 1.54) is 11.0 Å². The maximum absolute atomic E-state index is 11.6. The quantitative estimate of drug-likeness (QED) is 0.732. The second-order valence-electron chi connectivity index (χ2n) is 4.57. The number of aromatic amines is 1. The number of hydrogen-bond donors (Lipinski definition) is 2. The first-order valence-corrected chi connectivity index (χ1v) is 6.17. The van der Waals surface area contributed by atoms with E-state index in [1.54, 1.807) is 7.11 Å².